The first-order valence-corrected chi connectivity index (χ1v) is 8.46. The summed E-state index contributed by atoms with van der Waals surface area (Å²) in [6.07, 6.45) is 1.70. The number of nitrogens with one attached hydrogen (secondary N) is 1. The zero-order valence-corrected chi connectivity index (χ0v) is 14.1. The van der Waals surface area contributed by atoms with E-state index in [1.807, 2.05) is 24.3 Å². The van der Waals surface area contributed by atoms with E-state index >= 15 is 0 Å². The van der Waals surface area contributed by atoms with E-state index in [1.54, 1.807) is 24.4 Å². The maximum Gasteiger partial charge on any atom is 0.234 e. The minimum atomic E-state index is -0.209. The Bertz CT molecular complexity index is 847. The summed E-state index contributed by atoms with van der Waals surface area (Å²) >= 11 is 13.4. The fourth-order valence-electron chi connectivity index (χ4n) is 2.03. The summed E-state index contributed by atoms with van der Waals surface area (Å²) in [5, 5.41) is 14.3. The number of rotatable bonds is 4. The Kier molecular flexibility index (Phi) is 5.00. The fraction of sp³-hybridized carbons (Fsp3) is 0.0625. The van der Waals surface area contributed by atoms with Gasteiger partial charge in [-0.15, -0.1) is 5.10 Å². The molecule has 0 aliphatic rings. The first-order valence-electron chi connectivity index (χ1n) is 6.72. The third kappa shape index (κ3) is 3.75. The zero-order chi connectivity index (χ0) is 16.2. The van der Waals surface area contributed by atoms with E-state index in [0.29, 0.717) is 20.8 Å². The van der Waals surface area contributed by atoms with Crippen molar-refractivity contribution in [2.75, 3.05) is 11.1 Å². The van der Waals surface area contributed by atoms with Crippen molar-refractivity contribution >= 4 is 57.3 Å². The number of para-hydroxylation sites is 1. The van der Waals surface area contributed by atoms with Crippen molar-refractivity contribution in [2.24, 2.45) is 0 Å². The van der Waals surface area contributed by atoms with E-state index in [-0.39, 0.29) is 11.7 Å². The molecule has 1 N–H and O–H groups in total. The lowest BCUT2D eigenvalue weighted by Crippen LogP contribution is -2.14. The molecule has 116 valence electrons. The van der Waals surface area contributed by atoms with Crippen LogP contribution in [0.2, 0.25) is 10.0 Å². The summed E-state index contributed by atoms with van der Waals surface area (Å²) in [6.45, 7) is 0. The van der Waals surface area contributed by atoms with Crippen LogP contribution >= 0.6 is 35.0 Å². The van der Waals surface area contributed by atoms with Gasteiger partial charge in [0.05, 0.1) is 27.7 Å². The van der Waals surface area contributed by atoms with Crippen LogP contribution in [-0.4, -0.2) is 21.9 Å². The maximum atomic E-state index is 12.1. The number of hydrogen-bond acceptors (Lipinski definition) is 4. The van der Waals surface area contributed by atoms with Crippen LogP contribution in [0.4, 0.5) is 5.69 Å². The molecule has 0 saturated heterocycles. The molecule has 0 fully saturated rings. The summed E-state index contributed by atoms with van der Waals surface area (Å²) in [5.41, 5.74) is 0.422. The maximum absolute atomic E-state index is 12.1. The Balaban J connectivity index is 1.71. The largest absolute Gasteiger partial charge is 0.323 e. The van der Waals surface area contributed by atoms with Crippen LogP contribution in [0.15, 0.2) is 53.7 Å². The average Bonchev–Trinajstić information content (AvgIpc) is 2.56. The van der Waals surface area contributed by atoms with Crippen LogP contribution in [0.5, 0.6) is 0 Å². The second kappa shape index (κ2) is 7.17. The van der Waals surface area contributed by atoms with E-state index < -0.39 is 0 Å². The third-order valence-electron chi connectivity index (χ3n) is 3.10. The van der Waals surface area contributed by atoms with Crippen molar-refractivity contribution in [1.29, 1.82) is 0 Å². The summed E-state index contributed by atoms with van der Waals surface area (Å²) < 4.78 is 0. The molecule has 3 rings (SSSR count). The van der Waals surface area contributed by atoms with E-state index in [2.05, 4.69) is 15.5 Å². The molecule has 1 heterocycles. The van der Waals surface area contributed by atoms with Gasteiger partial charge in [-0.05, 0) is 12.1 Å². The fourth-order valence-corrected chi connectivity index (χ4v) is 3.31. The molecule has 0 spiro atoms. The highest BCUT2D eigenvalue weighted by Gasteiger charge is 2.11. The first kappa shape index (κ1) is 16.1. The summed E-state index contributed by atoms with van der Waals surface area (Å²) in [6, 6.07) is 12.8. The van der Waals surface area contributed by atoms with Crippen LogP contribution in [0.3, 0.4) is 0 Å². The van der Waals surface area contributed by atoms with E-state index in [1.165, 1.54) is 11.8 Å². The second-order valence-corrected chi connectivity index (χ2v) is 6.45. The molecule has 0 unspecified atom stereocenters. The van der Waals surface area contributed by atoms with Crippen LogP contribution in [0.25, 0.3) is 10.8 Å². The Labute approximate surface area is 147 Å². The smallest absolute Gasteiger partial charge is 0.234 e. The molecular weight excluding hydrogens is 353 g/mol. The van der Waals surface area contributed by atoms with Gasteiger partial charge in [0.25, 0.3) is 0 Å². The van der Waals surface area contributed by atoms with Gasteiger partial charge >= 0.3 is 0 Å². The van der Waals surface area contributed by atoms with Crippen molar-refractivity contribution in [3.05, 3.63) is 58.7 Å². The molecule has 23 heavy (non-hydrogen) atoms. The molecule has 7 heteroatoms. The first-order chi connectivity index (χ1) is 11.1. The molecule has 1 aromatic heterocycles. The van der Waals surface area contributed by atoms with Crippen LogP contribution < -0.4 is 5.32 Å². The van der Waals surface area contributed by atoms with E-state index in [4.69, 9.17) is 23.2 Å². The van der Waals surface area contributed by atoms with Crippen molar-refractivity contribution in [1.82, 2.24) is 10.2 Å². The number of fused-ring (bicyclic) bond motifs is 1. The number of amides is 1. The number of carbonyl (C=O) groups excluding carboxylic acids is 1. The molecule has 0 radical (unpaired) electrons. The summed E-state index contributed by atoms with van der Waals surface area (Å²) in [5.74, 6) is -0.0238. The Morgan fingerprint density at radius 3 is 2.61 bits per heavy atom. The van der Waals surface area contributed by atoms with Gasteiger partial charge < -0.3 is 5.32 Å². The number of thioether (sulfide) groups is 1. The van der Waals surface area contributed by atoms with Gasteiger partial charge in [-0.25, -0.2) is 0 Å². The number of anilines is 1. The Hall–Kier alpha value is -1.82. The molecular formula is C16H11Cl2N3OS. The Morgan fingerprint density at radius 1 is 1.09 bits per heavy atom. The predicted molar refractivity (Wildman–Crippen MR) is 95.4 cm³/mol. The lowest BCUT2D eigenvalue weighted by molar-refractivity contribution is -0.113. The SMILES string of the molecule is O=C(CSc1nncc2ccccc12)Nc1c(Cl)cccc1Cl. The second-order valence-electron chi connectivity index (χ2n) is 4.67. The number of halogens is 2. The highest BCUT2D eigenvalue weighted by Crippen LogP contribution is 2.30. The van der Waals surface area contributed by atoms with Gasteiger partial charge in [0.15, 0.2) is 0 Å². The number of hydrogen-bond donors (Lipinski definition) is 1. The molecule has 0 bridgehead atoms. The quantitative estimate of drug-likeness (QED) is 0.684. The standard InChI is InChI=1S/C16H11Cl2N3OS/c17-12-6-3-7-13(18)15(12)20-14(22)9-23-16-11-5-2-1-4-10(11)8-19-21-16/h1-8H,9H2,(H,20,22). The summed E-state index contributed by atoms with van der Waals surface area (Å²) in [4.78, 5) is 12.1. The topological polar surface area (TPSA) is 54.9 Å². The number of nitrogens with zero attached hydrogens (tertiary/aromatic N) is 2. The number of carbonyl (C=O) groups is 1. The van der Waals surface area contributed by atoms with E-state index in [9.17, 15) is 4.79 Å². The number of aromatic nitrogens is 2. The van der Waals surface area contributed by atoms with Crippen molar-refractivity contribution in [3.63, 3.8) is 0 Å². The number of benzene rings is 2. The normalized spacial score (nSPS) is 10.7. The Morgan fingerprint density at radius 2 is 1.83 bits per heavy atom. The molecule has 0 aliphatic carbocycles. The molecule has 0 aliphatic heterocycles. The molecule has 3 aromatic rings. The van der Waals surface area contributed by atoms with Crippen molar-refractivity contribution in [2.45, 2.75) is 5.03 Å². The van der Waals surface area contributed by atoms with Crippen LogP contribution in [-0.2, 0) is 4.79 Å². The summed E-state index contributed by atoms with van der Waals surface area (Å²) in [7, 11) is 0. The molecule has 2 aromatic carbocycles. The van der Waals surface area contributed by atoms with Gasteiger partial charge in [0.2, 0.25) is 5.91 Å². The zero-order valence-electron chi connectivity index (χ0n) is 11.8. The minimum absolute atomic E-state index is 0.185. The van der Waals surface area contributed by atoms with Crippen LogP contribution in [0.1, 0.15) is 0 Å². The highest BCUT2D eigenvalue weighted by atomic mass is 35.5. The van der Waals surface area contributed by atoms with Gasteiger partial charge in [0.1, 0.15) is 5.03 Å². The minimum Gasteiger partial charge on any atom is -0.323 e. The average molecular weight is 364 g/mol. The monoisotopic (exact) mass is 363 g/mol. The van der Waals surface area contributed by atoms with Gasteiger partial charge in [-0.2, -0.15) is 5.10 Å². The highest BCUT2D eigenvalue weighted by molar-refractivity contribution is 8.00. The third-order valence-corrected chi connectivity index (χ3v) is 4.72. The van der Waals surface area contributed by atoms with Gasteiger partial charge in [0, 0.05) is 10.8 Å². The van der Waals surface area contributed by atoms with Crippen LogP contribution in [0, 0.1) is 0 Å². The molecule has 0 saturated carbocycles. The van der Waals surface area contributed by atoms with Gasteiger partial charge in [-0.1, -0.05) is 65.3 Å². The molecule has 0 atom stereocenters. The molecule has 4 nitrogen and oxygen atoms in total. The lowest BCUT2D eigenvalue weighted by atomic mass is 10.2. The molecule has 1 amide bonds. The van der Waals surface area contributed by atoms with Crippen molar-refractivity contribution in [3.8, 4) is 0 Å². The van der Waals surface area contributed by atoms with Crippen molar-refractivity contribution < 1.29 is 4.79 Å². The predicted octanol–water partition coefficient (Wildman–Crippen LogP) is 4.67. The van der Waals surface area contributed by atoms with E-state index in [0.717, 1.165) is 10.8 Å². The van der Waals surface area contributed by atoms with Gasteiger partial charge in [-0.3, -0.25) is 4.79 Å². The lowest BCUT2D eigenvalue weighted by Gasteiger charge is -2.09.